The molecule has 0 aromatic rings. The monoisotopic (exact) mass is 202 g/mol. The fourth-order valence-electron chi connectivity index (χ4n) is 1.33. The van der Waals surface area contributed by atoms with Crippen LogP contribution >= 0.6 is 0 Å². The Labute approximate surface area is 86.5 Å². The molecule has 0 saturated carbocycles. The number of ether oxygens (including phenoxy) is 1. The maximum absolute atomic E-state index is 11.1. The average molecular weight is 202 g/mol. The smallest absolute Gasteiger partial charge is 0.335 e. The van der Waals surface area contributed by atoms with Gasteiger partial charge in [0.25, 0.3) is 0 Å². The van der Waals surface area contributed by atoms with Gasteiger partial charge in [-0.25, -0.2) is 4.79 Å². The molecule has 0 heterocycles. The highest BCUT2D eigenvalue weighted by Crippen LogP contribution is 2.14. The van der Waals surface area contributed by atoms with E-state index in [9.17, 15) is 9.90 Å². The summed E-state index contributed by atoms with van der Waals surface area (Å²) in [7, 11) is 0. The Morgan fingerprint density at radius 2 is 2.00 bits per heavy atom. The van der Waals surface area contributed by atoms with Crippen LogP contribution in [0.1, 0.15) is 46.5 Å². The van der Waals surface area contributed by atoms with Crippen molar-refractivity contribution in [3.8, 4) is 0 Å². The van der Waals surface area contributed by atoms with Gasteiger partial charge in [0, 0.05) is 0 Å². The van der Waals surface area contributed by atoms with Crippen LogP contribution in [-0.4, -0.2) is 23.8 Å². The second-order valence-electron chi connectivity index (χ2n) is 3.67. The Bertz CT molecular complexity index is 157. The molecule has 2 atom stereocenters. The molecule has 0 amide bonds. The number of hydrogen-bond acceptors (Lipinski definition) is 3. The Hall–Kier alpha value is -0.570. The zero-order chi connectivity index (χ0) is 11.0. The van der Waals surface area contributed by atoms with Crippen LogP contribution < -0.4 is 0 Å². The number of carbonyl (C=O) groups is 1. The third kappa shape index (κ3) is 5.22. The fourth-order valence-corrected chi connectivity index (χ4v) is 1.33. The second kappa shape index (κ2) is 7.80. The van der Waals surface area contributed by atoms with Crippen molar-refractivity contribution in [2.75, 3.05) is 6.61 Å². The summed E-state index contributed by atoms with van der Waals surface area (Å²) in [4.78, 5) is 11.1. The number of esters is 1. The van der Waals surface area contributed by atoms with Gasteiger partial charge in [-0.3, -0.25) is 0 Å². The largest absolute Gasteiger partial charge is 0.464 e. The van der Waals surface area contributed by atoms with E-state index in [1.54, 1.807) is 6.92 Å². The molecular formula is C11H22O3. The lowest BCUT2D eigenvalue weighted by atomic mass is 9.97. The molecule has 0 aromatic heterocycles. The zero-order valence-electron chi connectivity index (χ0n) is 9.45. The first kappa shape index (κ1) is 13.4. The van der Waals surface area contributed by atoms with Crippen molar-refractivity contribution in [3.05, 3.63) is 0 Å². The molecule has 0 saturated heterocycles. The van der Waals surface area contributed by atoms with Gasteiger partial charge in [0.2, 0.25) is 0 Å². The molecule has 3 nitrogen and oxygen atoms in total. The van der Waals surface area contributed by atoms with Crippen LogP contribution in [0.4, 0.5) is 0 Å². The van der Waals surface area contributed by atoms with E-state index >= 15 is 0 Å². The second-order valence-corrected chi connectivity index (χ2v) is 3.67. The first-order valence-corrected chi connectivity index (χ1v) is 5.48. The molecule has 0 rings (SSSR count). The van der Waals surface area contributed by atoms with Crippen molar-refractivity contribution in [1.29, 1.82) is 0 Å². The summed E-state index contributed by atoms with van der Waals surface area (Å²) < 4.78 is 4.74. The van der Waals surface area contributed by atoms with E-state index in [4.69, 9.17) is 4.74 Å². The van der Waals surface area contributed by atoms with Crippen molar-refractivity contribution in [2.45, 2.75) is 52.6 Å². The molecule has 0 spiro atoms. The van der Waals surface area contributed by atoms with Gasteiger partial charge in [0.05, 0.1) is 6.61 Å². The summed E-state index contributed by atoms with van der Waals surface area (Å²) >= 11 is 0. The van der Waals surface area contributed by atoms with Gasteiger partial charge in [-0.2, -0.15) is 0 Å². The van der Waals surface area contributed by atoms with Crippen LogP contribution in [0.2, 0.25) is 0 Å². The van der Waals surface area contributed by atoms with Gasteiger partial charge in [-0.15, -0.1) is 0 Å². The van der Waals surface area contributed by atoms with Gasteiger partial charge in [-0.05, 0) is 19.3 Å². The Morgan fingerprint density at radius 3 is 2.50 bits per heavy atom. The van der Waals surface area contributed by atoms with E-state index in [1.807, 2.05) is 6.92 Å². The first-order chi connectivity index (χ1) is 6.63. The third-order valence-corrected chi connectivity index (χ3v) is 2.33. The number of aliphatic hydroxyl groups excluding tert-OH is 1. The van der Waals surface area contributed by atoms with E-state index in [0.717, 1.165) is 25.7 Å². The molecule has 0 aromatic carbocycles. The molecule has 0 aliphatic heterocycles. The molecule has 14 heavy (non-hydrogen) atoms. The van der Waals surface area contributed by atoms with Crippen molar-refractivity contribution in [2.24, 2.45) is 5.92 Å². The summed E-state index contributed by atoms with van der Waals surface area (Å²) in [5, 5.41) is 9.54. The van der Waals surface area contributed by atoms with Crippen LogP contribution in [0.5, 0.6) is 0 Å². The molecule has 0 aliphatic carbocycles. The van der Waals surface area contributed by atoms with Crippen LogP contribution in [-0.2, 0) is 9.53 Å². The molecular weight excluding hydrogens is 180 g/mol. The Morgan fingerprint density at radius 1 is 1.36 bits per heavy atom. The summed E-state index contributed by atoms with van der Waals surface area (Å²) in [6, 6.07) is 0. The maximum Gasteiger partial charge on any atom is 0.335 e. The van der Waals surface area contributed by atoms with E-state index in [1.165, 1.54) is 0 Å². The lowest BCUT2D eigenvalue weighted by Crippen LogP contribution is -2.29. The third-order valence-electron chi connectivity index (χ3n) is 2.33. The van der Waals surface area contributed by atoms with E-state index in [-0.39, 0.29) is 5.92 Å². The summed E-state index contributed by atoms with van der Waals surface area (Å²) in [6.45, 7) is 6.09. The zero-order valence-corrected chi connectivity index (χ0v) is 9.45. The van der Waals surface area contributed by atoms with Crippen LogP contribution in [0, 0.1) is 5.92 Å². The summed E-state index contributed by atoms with van der Waals surface area (Å²) in [6.07, 6.45) is 3.30. The quantitative estimate of drug-likeness (QED) is 0.508. The van der Waals surface area contributed by atoms with Crippen LogP contribution in [0.3, 0.4) is 0 Å². The number of unbranched alkanes of at least 4 members (excludes halogenated alkanes) is 2. The predicted octanol–water partition coefficient (Wildman–Crippen LogP) is 2.13. The molecule has 3 heteroatoms. The summed E-state index contributed by atoms with van der Waals surface area (Å²) in [5.41, 5.74) is 0. The van der Waals surface area contributed by atoms with E-state index in [2.05, 4.69) is 6.92 Å². The minimum absolute atomic E-state index is 0.000556. The number of carbonyl (C=O) groups excluding carboxylic acids is 1. The average Bonchev–Trinajstić information content (AvgIpc) is 2.17. The van der Waals surface area contributed by atoms with E-state index in [0.29, 0.717) is 6.61 Å². The molecule has 84 valence electrons. The first-order valence-electron chi connectivity index (χ1n) is 5.48. The SMILES string of the molecule is CCCCCC(C)C(O)C(=O)OCC. The number of hydrogen-bond donors (Lipinski definition) is 1. The highest BCUT2D eigenvalue weighted by Gasteiger charge is 2.22. The van der Waals surface area contributed by atoms with Gasteiger partial charge < -0.3 is 9.84 Å². The molecule has 0 bridgehead atoms. The Kier molecular flexibility index (Phi) is 7.48. The van der Waals surface area contributed by atoms with Gasteiger partial charge in [0.15, 0.2) is 6.10 Å². The highest BCUT2D eigenvalue weighted by atomic mass is 16.5. The lowest BCUT2D eigenvalue weighted by Gasteiger charge is -2.16. The minimum atomic E-state index is -0.952. The Balaban J connectivity index is 3.74. The van der Waals surface area contributed by atoms with Crippen molar-refractivity contribution in [1.82, 2.24) is 0 Å². The topological polar surface area (TPSA) is 46.5 Å². The van der Waals surface area contributed by atoms with Gasteiger partial charge in [-0.1, -0.05) is 33.1 Å². The standard InChI is InChI=1S/C11H22O3/c1-4-6-7-8-9(3)10(12)11(13)14-5-2/h9-10,12H,4-8H2,1-3H3. The van der Waals surface area contributed by atoms with Crippen molar-refractivity contribution >= 4 is 5.97 Å². The predicted molar refractivity (Wildman–Crippen MR) is 55.9 cm³/mol. The minimum Gasteiger partial charge on any atom is -0.464 e. The van der Waals surface area contributed by atoms with Crippen LogP contribution in [0.15, 0.2) is 0 Å². The van der Waals surface area contributed by atoms with Crippen LogP contribution in [0.25, 0.3) is 0 Å². The van der Waals surface area contributed by atoms with Gasteiger partial charge >= 0.3 is 5.97 Å². The van der Waals surface area contributed by atoms with E-state index < -0.39 is 12.1 Å². The molecule has 2 unspecified atom stereocenters. The molecule has 0 aliphatic rings. The number of aliphatic hydroxyl groups is 1. The molecule has 0 fully saturated rings. The lowest BCUT2D eigenvalue weighted by molar-refractivity contribution is -0.155. The maximum atomic E-state index is 11.1. The highest BCUT2D eigenvalue weighted by molar-refractivity contribution is 5.74. The fraction of sp³-hybridized carbons (Fsp3) is 0.909. The molecule has 1 N–H and O–H groups in total. The normalized spacial score (nSPS) is 14.9. The number of rotatable bonds is 7. The van der Waals surface area contributed by atoms with Crippen molar-refractivity contribution < 1.29 is 14.6 Å². The summed E-state index contributed by atoms with van der Waals surface area (Å²) in [5.74, 6) is -0.489. The van der Waals surface area contributed by atoms with Gasteiger partial charge in [0.1, 0.15) is 0 Å². The van der Waals surface area contributed by atoms with Crippen molar-refractivity contribution in [3.63, 3.8) is 0 Å². The molecule has 0 radical (unpaired) electrons.